The molecule has 30 heavy (non-hydrogen) atoms. The molecule has 0 saturated heterocycles. The number of nitrogens with zero attached hydrogens (tertiary/aromatic N) is 2. The highest BCUT2D eigenvalue weighted by Crippen LogP contribution is 2.20. The molecule has 0 aliphatic heterocycles. The number of amides is 1. The van der Waals surface area contributed by atoms with Crippen LogP contribution in [0.2, 0.25) is 0 Å². The van der Waals surface area contributed by atoms with Crippen LogP contribution in [-0.4, -0.2) is 22.1 Å². The highest BCUT2D eigenvalue weighted by Gasteiger charge is 2.11. The lowest BCUT2D eigenvalue weighted by molar-refractivity contribution is -0.116. The zero-order valence-corrected chi connectivity index (χ0v) is 18.1. The number of nitrogens with one attached hydrogen (secondary N) is 1. The topological polar surface area (TPSA) is 64.1 Å². The first kappa shape index (κ1) is 21.8. The van der Waals surface area contributed by atoms with Crippen molar-refractivity contribution in [3.05, 3.63) is 76.9 Å². The quantitative estimate of drug-likeness (QED) is 0.402. The van der Waals surface area contributed by atoms with E-state index < -0.39 is 0 Å². The molecule has 0 fully saturated rings. The largest absolute Gasteiger partial charge is 0.489 e. The number of hydrogen-bond acceptors (Lipinski definition) is 5. The predicted molar refractivity (Wildman–Crippen MR) is 117 cm³/mol. The Hall–Kier alpha value is -2.93. The van der Waals surface area contributed by atoms with E-state index in [1.54, 1.807) is 36.4 Å². The molecule has 1 N–H and O–H groups in total. The Morgan fingerprint density at radius 3 is 2.53 bits per heavy atom. The minimum Gasteiger partial charge on any atom is -0.489 e. The number of rotatable bonds is 8. The molecular weight excluding hydrogens is 401 g/mol. The second-order valence-electron chi connectivity index (χ2n) is 6.85. The molecule has 3 aromatic rings. The summed E-state index contributed by atoms with van der Waals surface area (Å²) in [6, 6.07) is 13.4. The predicted octanol–water partition coefficient (Wildman–Crippen LogP) is 5.10. The summed E-state index contributed by atoms with van der Waals surface area (Å²) in [7, 11) is 0. The molecule has 156 valence electrons. The van der Waals surface area contributed by atoms with Crippen molar-refractivity contribution in [3.63, 3.8) is 0 Å². The zero-order valence-electron chi connectivity index (χ0n) is 17.2. The fourth-order valence-electron chi connectivity index (χ4n) is 3.08. The van der Waals surface area contributed by atoms with Gasteiger partial charge in [-0.25, -0.2) is 14.4 Å². The van der Waals surface area contributed by atoms with Crippen molar-refractivity contribution >= 4 is 23.4 Å². The summed E-state index contributed by atoms with van der Waals surface area (Å²) in [5.41, 5.74) is 4.22. The summed E-state index contributed by atoms with van der Waals surface area (Å²) in [6.07, 6.45) is 2.85. The molecule has 1 amide bonds. The Bertz CT molecular complexity index is 1020. The SMILES string of the molecule is CSc1nc(C)c(CCC(=O)Nc2cccc(OCc3cccc(F)c3)c2)c(C)n1. The van der Waals surface area contributed by atoms with Crippen LogP contribution >= 0.6 is 11.8 Å². The highest BCUT2D eigenvalue weighted by atomic mass is 32.2. The maximum atomic E-state index is 13.3. The van der Waals surface area contributed by atoms with Gasteiger partial charge in [-0.1, -0.05) is 30.0 Å². The molecular formula is C23H24FN3O2S. The summed E-state index contributed by atoms with van der Waals surface area (Å²) in [4.78, 5) is 21.3. The van der Waals surface area contributed by atoms with Crippen molar-refractivity contribution in [2.45, 2.75) is 38.5 Å². The first-order valence-corrected chi connectivity index (χ1v) is 10.8. The van der Waals surface area contributed by atoms with Crippen LogP contribution in [0.4, 0.5) is 10.1 Å². The Morgan fingerprint density at radius 2 is 1.83 bits per heavy atom. The molecule has 1 heterocycles. The van der Waals surface area contributed by atoms with Crippen LogP contribution in [0.1, 0.15) is 28.9 Å². The van der Waals surface area contributed by atoms with E-state index in [0.717, 1.165) is 27.7 Å². The van der Waals surface area contributed by atoms with Gasteiger partial charge in [0.05, 0.1) is 0 Å². The molecule has 2 aromatic carbocycles. The number of anilines is 1. The van der Waals surface area contributed by atoms with Crippen LogP contribution in [-0.2, 0) is 17.8 Å². The molecule has 7 heteroatoms. The molecule has 0 aliphatic carbocycles. The fourth-order valence-corrected chi connectivity index (χ4v) is 3.54. The Morgan fingerprint density at radius 1 is 1.10 bits per heavy atom. The van der Waals surface area contributed by atoms with E-state index in [4.69, 9.17) is 4.74 Å². The summed E-state index contributed by atoms with van der Waals surface area (Å²) in [5.74, 6) is 0.214. The van der Waals surface area contributed by atoms with Gasteiger partial charge in [0.25, 0.3) is 0 Å². The number of aryl methyl sites for hydroxylation is 2. The Balaban J connectivity index is 1.56. The molecule has 1 aromatic heterocycles. The smallest absolute Gasteiger partial charge is 0.224 e. The lowest BCUT2D eigenvalue weighted by Crippen LogP contribution is -2.13. The maximum Gasteiger partial charge on any atom is 0.224 e. The van der Waals surface area contributed by atoms with Crippen molar-refractivity contribution in [3.8, 4) is 5.75 Å². The van der Waals surface area contributed by atoms with Gasteiger partial charge in [-0.15, -0.1) is 0 Å². The molecule has 0 radical (unpaired) electrons. The highest BCUT2D eigenvalue weighted by molar-refractivity contribution is 7.98. The third-order valence-electron chi connectivity index (χ3n) is 4.60. The average molecular weight is 426 g/mol. The van der Waals surface area contributed by atoms with Gasteiger partial charge in [-0.2, -0.15) is 0 Å². The van der Waals surface area contributed by atoms with E-state index in [-0.39, 0.29) is 18.3 Å². The minimum atomic E-state index is -0.295. The summed E-state index contributed by atoms with van der Waals surface area (Å²) < 4.78 is 19.0. The van der Waals surface area contributed by atoms with Gasteiger partial charge >= 0.3 is 0 Å². The lowest BCUT2D eigenvalue weighted by Gasteiger charge is -2.11. The summed E-state index contributed by atoms with van der Waals surface area (Å²) in [6.45, 7) is 4.14. The van der Waals surface area contributed by atoms with E-state index in [0.29, 0.717) is 24.3 Å². The maximum absolute atomic E-state index is 13.3. The van der Waals surface area contributed by atoms with Crippen molar-refractivity contribution < 1.29 is 13.9 Å². The number of thioether (sulfide) groups is 1. The van der Waals surface area contributed by atoms with Gasteiger partial charge in [0.1, 0.15) is 18.2 Å². The normalized spacial score (nSPS) is 10.7. The number of carbonyl (C=O) groups is 1. The standard InChI is InChI=1S/C23H24FN3O2S/c1-15-21(16(2)26-23(25-15)30-3)10-11-22(28)27-19-8-5-9-20(13-19)29-14-17-6-4-7-18(24)12-17/h4-9,12-13H,10-11,14H2,1-3H3,(H,27,28). The second-order valence-corrected chi connectivity index (χ2v) is 7.63. The third kappa shape index (κ3) is 6.03. The molecule has 0 unspecified atom stereocenters. The van der Waals surface area contributed by atoms with Gasteiger partial charge < -0.3 is 10.1 Å². The number of ether oxygens (including phenoxy) is 1. The van der Waals surface area contributed by atoms with E-state index in [1.165, 1.54) is 23.9 Å². The van der Waals surface area contributed by atoms with Gasteiger partial charge in [-0.3, -0.25) is 4.79 Å². The van der Waals surface area contributed by atoms with E-state index in [2.05, 4.69) is 15.3 Å². The first-order valence-electron chi connectivity index (χ1n) is 9.60. The molecule has 0 aliphatic rings. The fraction of sp³-hybridized carbons (Fsp3) is 0.261. The summed E-state index contributed by atoms with van der Waals surface area (Å²) in [5, 5.41) is 3.64. The molecule has 3 rings (SSSR count). The molecule has 0 atom stereocenters. The molecule has 5 nitrogen and oxygen atoms in total. The van der Waals surface area contributed by atoms with Crippen LogP contribution in [0.25, 0.3) is 0 Å². The Labute approximate surface area is 180 Å². The lowest BCUT2D eigenvalue weighted by atomic mass is 10.1. The number of carbonyl (C=O) groups excluding carboxylic acids is 1. The van der Waals surface area contributed by atoms with Crippen LogP contribution in [0, 0.1) is 19.7 Å². The van der Waals surface area contributed by atoms with Gasteiger partial charge in [0, 0.05) is 29.6 Å². The van der Waals surface area contributed by atoms with E-state index in [9.17, 15) is 9.18 Å². The third-order valence-corrected chi connectivity index (χ3v) is 5.14. The summed E-state index contributed by atoms with van der Waals surface area (Å²) >= 11 is 1.50. The second kappa shape index (κ2) is 10.2. The van der Waals surface area contributed by atoms with E-state index in [1.807, 2.05) is 20.1 Å². The number of hydrogen-bond donors (Lipinski definition) is 1. The van der Waals surface area contributed by atoms with Crippen molar-refractivity contribution in [1.29, 1.82) is 0 Å². The van der Waals surface area contributed by atoms with Crippen molar-refractivity contribution in [2.24, 2.45) is 0 Å². The monoisotopic (exact) mass is 425 g/mol. The minimum absolute atomic E-state index is 0.0926. The van der Waals surface area contributed by atoms with Gasteiger partial charge in [0.2, 0.25) is 5.91 Å². The van der Waals surface area contributed by atoms with Gasteiger partial charge in [-0.05, 0) is 61.9 Å². The number of halogens is 1. The van der Waals surface area contributed by atoms with Gasteiger partial charge in [0.15, 0.2) is 5.16 Å². The van der Waals surface area contributed by atoms with Crippen LogP contribution in [0.3, 0.4) is 0 Å². The van der Waals surface area contributed by atoms with Crippen LogP contribution in [0.5, 0.6) is 5.75 Å². The molecule has 0 spiro atoms. The van der Waals surface area contributed by atoms with E-state index >= 15 is 0 Å². The van der Waals surface area contributed by atoms with Crippen LogP contribution < -0.4 is 10.1 Å². The number of aromatic nitrogens is 2. The Kier molecular flexibility index (Phi) is 7.41. The van der Waals surface area contributed by atoms with Crippen LogP contribution in [0.15, 0.2) is 53.7 Å². The van der Waals surface area contributed by atoms with Crippen molar-refractivity contribution in [2.75, 3.05) is 11.6 Å². The first-order chi connectivity index (χ1) is 14.4. The average Bonchev–Trinajstić information content (AvgIpc) is 2.72. The molecule has 0 bridgehead atoms. The molecule has 0 saturated carbocycles. The zero-order chi connectivity index (χ0) is 21.5. The number of benzene rings is 2. The van der Waals surface area contributed by atoms with Crippen molar-refractivity contribution in [1.82, 2.24) is 9.97 Å².